The van der Waals surface area contributed by atoms with Crippen LogP contribution >= 0.6 is 11.3 Å². The molecule has 0 fully saturated rings. The highest BCUT2D eigenvalue weighted by molar-refractivity contribution is 7.09. The van der Waals surface area contributed by atoms with Crippen LogP contribution < -0.4 is 0 Å². The lowest BCUT2D eigenvalue weighted by Gasteiger charge is -2.18. The summed E-state index contributed by atoms with van der Waals surface area (Å²) >= 11 is 1.45. The lowest BCUT2D eigenvalue weighted by atomic mass is 9.93. The maximum Gasteiger partial charge on any atom is 0.168 e. The van der Waals surface area contributed by atoms with Gasteiger partial charge in [-0.3, -0.25) is 4.79 Å². The number of hydrogen-bond acceptors (Lipinski definition) is 4. The van der Waals surface area contributed by atoms with Gasteiger partial charge in [-0.25, -0.2) is 4.98 Å². The number of aliphatic hydroxyl groups excluding tert-OH is 1. The van der Waals surface area contributed by atoms with Crippen molar-refractivity contribution in [2.24, 2.45) is 5.92 Å². The summed E-state index contributed by atoms with van der Waals surface area (Å²) in [6, 6.07) is 0. The first-order valence-corrected chi connectivity index (χ1v) is 6.16. The van der Waals surface area contributed by atoms with E-state index in [0.29, 0.717) is 0 Å². The van der Waals surface area contributed by atoms with Gasteiger partial charge in [-0.15, -0.1) is 11.3 Å². The molecule has 0 radical (unpaired) electrons. The van der Waals surface area contributed by atoms with Gasteiger partial charge < -0.3 is 5.11 Å². The fraction of sp³-hybridized carbons (Fsp3) is 0.636. The largest absolute Gasteiger partial charge is 0.385 e. The Hall–Kier alpha value is -0.740. The Morgan fingerprint density at radius 3 is 2.67 bits per heavy atom. The van der Waals surface area contributed by atoms with Gasteiger partial charge in [0, 0.05) is 11.6 Å². The minimum atomic E-state index is -0.830. The highest BCUT2D eigenvalue weighted by atomic mass is 32.1. The third kappa shape index (κ3) is 3.39. The van der Waals surface area contributed by atoms with Crippen molar-refractivity contribution >= 4 is 17.1 Å². The maximum absolute atomic E-state index is 11.7. The van der Waals surface area contributed by atoms with Gasteiger partial charge in [0.25, 0.3) is 0 Å². The molecule has 1 atom stereocenters. The number of aromatic nitrogens is 1. The molecule has 1 heterocycles. The van der Waals surface area contributed by atoms with Gasteiger partial charge >= 0.3 is 0 Å². The van der Waals surface area contributed by atoms with Crippen molar-refractivity contribution in [3.63, 3.8) is 0 Å². The van der Waals surface area contributed by atoms with Gasteiger partial charge in [0.05, 0.1) is 11.4 Å². The molecule has 0 aliphatic carbocycles. The molecule has 0 aliphatic heterocycles. The molecule has 1 unspecified atom stereocenters. The number of ketones is 1. The standard InChI is InChI=1S/C11H17NO2S/c1-3-8(4-2)11(14)9(13)7-10-12-5-6-15-10/h5-6,8,11,14H,3-4,7H2,1-2H3. The van der Waals surface area contributed by atoms with Crippen molar-refractivity contribution in [1.29, 1.82) is 0 Å². The molecule has 1 aromatic rings. The van der Waals surface area contributed by atoms with E-state index in [9.17, 15) is 9.90 Å². The fourth-order valence-electron chi connectivity index (χ4n) is 1.59. The van der Waals surface area contributed by atoms with E-state index in [0.717, 1.165) is 17.8 Å². The van der Waals surface area contributed by atoms with Crippen LogP contribution in [0.25, 0.3) is 0 Å². The number of carbonyl (C=O) groups is 1. The quantitative estimate of drug-likeness (QED) is 0.809. The lowest BCUT2D eigenvalue weighted by molar-refractivity contribution is -0.129. The summed E-state index contributed by atoms with van der Waals surface area (Å²) < 4.78 is 0. The van der Waals surface area contributed by atoms with Crippen LogP contribution in [0, 0.1) is 5.92 Å². The van der Waals surface area contributed by atoms with Crippen molar-refractivity contribution < 1.29 is 9.90 Å². The van der Waals surface area contributed by atoms with E-state index < -0.39 is 6.10 Å². The molecule has 0 aliphatic rings. The van der Waals surface area contributed by atoms with Crippen LogP contribution in [0.2, 0.25) is 0 Å². The molecular weight excluding hydrogens is 210 g/mol. The second kappa shape index (κ2) is 5.98. The predicted octanol–water partition coefficient (Wildman–Crippen LogP) is 2.05. The summed E-state index contributed by atoms with van der Waals surface area (Å²) in [5.74, 6) is -0.0314. The number of carbonyl (C=O) groups excluding carboxylic acids is 1. The van der Waals surface area contributed by atoms with E-state index in [-0.39, 0.29) is 18.1 Å². The Kier molecular flexibility index (Phi) is 4.91. The van der Waals surface area contributed by atoms with Crippen LogP contribution in [0.4, 0.5) is 0 Å². The van der Waals surface area contributed by atoms with E-state index in [4.69, 9.17) is 0 Å². The molecule has 0 amide bonds. The highest BCUT2D eigenvalue weighted by Crippen LogP contribution is 2.16. The normalized spacial score (nSPS) is 13.1. The van der Waals surface area contributed by atoms with Crippen LogP contribution in [0.3, 0.4) is 0 Å². The number of aliphatic hydroxyl groups is 1. The Morgan fingerprint density at radius 1 is 1.53 bits per heavy atom. The summed E-state index contributed by atoms with van der Waals surface area (Å²) in [6.07, 6.45) is 2.78. The van der Waals surface area contributed by atoms with Crippen LogP contribution in [-0.4, -0.2) is 22.0 Å². The summed E-state index contributed by atoms with van der Waals surface area (Å²) in [6.45, 7) is 3.99. The Bertz CT molecular complexity index is 294. The first-order chi connectivity index (χ1) is 7.19. The molecular formula is C11H17NO2S. The van der Waals surface area contributed by atoms with Crippen molar-refractivity contribution in [3.05, 3.63) is 16.6 Å². The molecule has 1 N–H and O–H groups in total. The van der Waals surface area contributed by atoms with Crippen molar-refractivity contribution in [1.82, 2.24) is 4.98 Å². The number of thiazole rings is 1. The molecule has 4 heteroatoms. The van der Waals surface area contributed by atoms with Crippen LogP contribution in [0.5, 0.6) is 0 Å². The number of Topliss-reactive ketones (excluding diaryl/α,β-unsaturated/α-hetero) is 1. The topological polar surface area (TPSA) is 50.2 Å². The van der Waals surface area contributed by atoms with Crippen molar-refractivity contribution in [2.75, 3.05) is 0 Å². The predicted molar refractivity (Wildman–Crippen MR) is 60.9 cm³/mol. The second-order valence-corrected chi connectivity index (χ2v) is 4.57. The third-order valence-electron chi connectivity index (χ3n) is 2.63. The monoisotopic (exact) mass is 227 g/mol. The Labute approximate surface area is 94.2 Å². The van der Waals surface area contributed by atoms with Crippen molar-refractivity contribution in [2.45, 2.75) is 39.2 Å². The molecule has 0 saturated heterocycles. The molecule has 1 aromatic heterocycles. The van der Waals surface area contributed by atoms with Gasteiger partial charge in [0.1, 0.15) is 6.10 Å². The molecule has 3 nitrogen and oxygen atoms in total. The van der Waals surface area contributed by atoms with Gasteiger partial charge in [-0.2, -0.15) is 0 Å². The molecule has 0 bridgehead atoms. The Morgan fingerprint density at radius 2 is 2.20 bits per heavy atom. The van der Waals surface area contributed by atoms with Gasteiger partial charge in [-0.1, -0.05) is 26.7 Å². The average Bonchev–Trinajstić information content (AvgIpc) is 2.72. The zero-order chi connectivity index (χ0) is 11.3. The SMILES string of the molecule is CCC(CC)C(O)C(=O)Cc1nccs1. The van der Waals surface area contributed by atoms with Gasteiger partial charge in [-0.05, 0) is 5.92 Å². The molecule has 0 saturated carbocycles. The van der Waals surface area contributed by atoms with Crippen LogP contribution in [0.1, 0.15) is 31.7 Å². The fourth-order valence-corrected chi connectivity index (χ4v) is 2.22. The molecule has 15 heavy (non-hydrogen) atoms. The first-order valence-electron chi connectivity index (χ1n) is 5.28. The first kappa shape index (κ1) is 12.3. The minimum absolute atomic E-state index is 0.0810. The number of nitrogens with zero attached hydrogens (tertiary/aromatic N) is 1. The number of hydrogen-bond donors (Lipinski definition) is 1. The van der Waals surface area contributed by atoms with Gasteiger partial charge in [0.15, 0.2) is 5.78 Å². The zero-order valence-corrected chi connectivity index (χ0v) is 9.96. The van der Waals surface area contributed by atoms with E-state index in [1.807, 2.05) is 19.2 Å². The third-order valence-corrected chi connectivity index (χ3v) is 3.41. The smallest absolute Gasteiger partial charge is 0.168 e. The molecule has 0 spiro atoms. The van der Waals surface area contributed by atoms with Gasteiger partial charge in [0.2, 0.25) is 0 Å². The van der Waals surface area contributed by atoms with Crippen molar-refractivity contribution in [3.8, 4) is 0 Å². The summed E-state index contributed by atoms with van der Waals surface area (Å²) in [5, 5.41) is 12.4. The summed E-state index contributed by atoms with van der Waals surface area (Å²) in [5.41, 5.74) is 0. The van der Waals surface area contributed by atoms with E-state index in [1.165, 1.54) is 11.3 Å². The lowest BCUT2D eigenvalue weighted by Crippen LogP contribution is -2.30. The molecule has 0 aromatic carbocycles. The zero-order valence-electron chi connectivity index (χ0n) is 9.14. The van der Waals surface area contributed by atoms with E-state index in [2.05, 4.69) is 4.98 Å². The van der Waals surface area contributed by atoms with E-state index in [1.54, 1.807) is 6.20 Å². The summed E-state index contributed by atoms with van der Waals surface area (Å²) in [7, 11) is 0. The maximum atomic E-state index is 11.7. The second-order valence-electron chi connectivity index (χ2n) is 3.59. The average molecular weight is 227 g/mol. The number of rotatable bonds is 6. The molecule has 1 rings (SSSR count). The van der Waals surface area contributed by atoms with Crippen LogP contribution in [-0.2, 0) is 11.2 Å². The highest BCUT2D eigenvalue weighted by Gasteiger charge is 2.23. The van der Waals surface area contributed by atoms with Crippen LogP contribution in [0.15, 0.2) is 11.6 Å². The molecule has 84 valence electrons. The summed E-state index contributed by atoms with van der Waals surface area (Å²) in [4.78, 5) is 15.7. The Balaban J connectivity index is 2.53. The van der Waals surface area contributed by atoms with E-state index >= 15 is 0 Å². The minimum Gasteiger partial charge on any atom is -0.385 e.